The Balaban J connectivity index is 1.53. The van der Waals surface area contributed by atoms with Gasteiger partial charge in [0.2, 0.25) is 0 Å². The molecule has 0 amide bonds. The minimum absolute atomic E-state index is 0.469. The summed E-state index contributed by atoms with van der Waals surface area (Å²) in [5, 5.41) is 11.7. The number of aryl methyl sites for hydroxylation is 1. The first kappa shape index (κ1) is 17.0. The van der Waals surface area contributed by atoms with Crippen molar-refractivity contribution in [3.05, 3.63) is 78.1 Å². The van der Waals surface area contributed by atoms with E-state index in [-0.39, 0.29) is 0 Å². The lowest BCUT2D eigenvalue weighted by Crippen LogP contribution is -2.01. The van der Waals surface area contributed by atoms with Crippen LogP contribution in [0.2, 0.25) is 0 Å². The number of nitrogens with zero attached hydrogens (tertiary/aromatic N) is 5. The van der Waals surface area contributed by atoms with Crippen molar-refractivity contribution in [3.8, 4) is 5.69 Å². The third-order valence-electron chi connectivity index (χ3n) is 4.39. The molecule has 0 unspecified atom stereocenters. The van der Waals surface area contributed by atoms with Crippen LogP contribution in [-0.4, -0.2) is 30.5 Å². The normalized spacial score (nSPS) is 11.6. The maximum atomic E-state index is 8.68. The molecule has 7 nitrogen and oxygen atoms in total. The summed E-state index contributed by atoms with van der Waals surface area (Å²) in [4.78, 5) is 8.71. The fourth-order valence-electron chi connectivity index (χ4n) is 2.97. The van der Waals surface area contributed by atoms with E-state index in [0.717, 1.165) is 33.7 Å². The SMILES string of the molecule is Cn1ccnc1COCc1cccc(-n2cnc3cc(C=NO)ccc32)c1. The highest BCUT2D eigenvalue weighted by Gasteiger charge is 2.07. The van der Waals surface area contributed by atoms with E-state index in [9.17, 15) is 0 Å². The summed E-state index contributed by atoms with van der Waals surface area (Å²) in [6, 6.07) is 13.9. The molecule has 4 aromatic rings. The zero-order valence-corrected chi connectivity index (χ0v) is 14.9. The minimum atomic E-state index is 0.469. The number of fused-ring (bicyclic) bond motifs is 1. The van der Waals surface area contributed by atoms with Crippen LogP contribution in [0.1, 0.15) is 17.0 Å². The van der Waals surface area contributed by atoms with Crippen molar-refractivity contribution in [2.24, 2.45) is 12.2 Å². The van der Waals surface area contributed by atoms with Gasteiger partial charge in [0.1, 0.15) is 18.8 Å². The molecule has 0 aliphatic rings. The number of ether oxygens (including phenoxy) is 1. The van der Waals surface area contributed by atoms with E-state index in [1.54, 1.807) is 12.5 Å². The van der Waals surface area contributed by atoms with E-state index < -0.39 is 0 Å². The van der Waals surface area contributed by atoms with Crippen molar-refractivity contribution in [2.45, 2.75) is 13.2 Å². The molecule has 4 rings (SSSR count). The fourth-order valence-corrected chi connectivity index (χ4v) is 2.97. The van der Waals surface area contributed by atoms with Gasteiger partial charge in [-0.1, -0.05) is 23.4 Å². The molecule has 7 heteroatoms. The molecular weight excluding hydrogens is 342 g/mol. The number of aromatic nitrogens is 4. The Morgan fingerprint density at radius 2 is 2.07 bits per heavy atom. The quantitative estimate of drug-likeness (QED) is 0.325. The van der Waals surface area contributed by atoms with Gasteiger partial charge in [-0.15, -0.1) is 0 Å². The number of hydrogen-bond acceptors (Lipinski definition) is 5. The van der Waals surface area contributed by atoms with Crippen LogP contribution in [0.4, 0.5) is 0 Å². The van der Waals surface area contributed by atoms with Crippen molar-refractivity contribution in [1.29, 1.82) is 0 Å². The van der Waals surface area contributed by atoms with Crippen LogP contribution in [0.15, 0.2) is 66.3 Å². The average Bonchev–Trinajstić information content (AvgIpc) is 3.28. The van der Waals surface area contributed by atoms with Gasteiger partial charge in [0.05, 0.1) is 23.9 Å². The zero-order chi connectivity index (χ0) is 18.6. The summed E-state index contributed by atoms with van der Waals surface area (Å²) in [6.07, 6.45) is 6.85. The summed E-state index contributed by atoms with van der Waals surface area (Å²) in [7, 11) is 1.95. The number of oxime groups is 1. The van der Waals surface area contributed by atoms with Gasteiger partial charge >= 0.3 is 0 Å². The van der Waals surface area contributed by atoms with Crippen LogP contribution in [0.3, 0.4) is 0 Å². The first-order valence-electron chi connectivity index (χ1n) is 8.52. The molecule has 2 heterocycles. The number of rotatable bonds is 6. The Labute approximate surface area is 156 Å². The van der Waals surface area contributed by atoms with Crippen LogP contribution in [0.5, 0.6) is 0 Å². The first-order chi connectivity index (χ1) is 13.2. The lowest BCUT2D eigenvalue weighted by Gasteiger charge is -2.08. The molecule has 0 bridgehead atoms. The van der Waals surface area contributed by atoms with Gasteiger partial charge in [-0.05, 0) is 35.4 Å². The van der Waals surface area contributed by atoms with Gasteiger partial charge in [0.25, 0.3) is 0 Å². The molecule has 1 N–H and O–H groups in total. The summed E-state index contributed by atoms with van der Waals surface area (Å²) in [5.41, 5.74) is 4.71. The maximum absolute atomic E-state index is 8.68. The molecule has 0 spiro atoms. The molecular formula is C20H19N5O2. The average molecular weight is 361 g/mol. The Hall–Kier alpha value is -3.45. The highest BCUT2D eigenvalue weighted by atomic mass is 16.5. The summed E-state index contributed by atoms with van der Waals surface area (Å²) < 4.78 is 9.77. The number of hydrogen-bond donors (Lipinski definition) is 1. The van der Waals surface area contributed by atoms with Crippen molar-refractivity contribution >= 4 is 17.2 Å². The Morgan fingerprint density at radius 1 is 1.15 bits per heavy atom. The van der Waals surface area contributed by atoms with Crippen molar-refractivity contribution < 1.29 is 9.94 Å². The van der Waals surface area contributed by atoms with Crippen LogP contribution in [0, 0.1) is 0 Å². The van der Waals surface area contributed by atoms with Gasteiger partial charge in [-0.2, -0.15) is 0 Å². The van der Waals surface area contributed by atoms with Crippen molar-refractivity contribution in [3.63, 3.8) is 0 Å². The largest absolute Gasteiger partial charge is 0.411 e. The van der Waals surface area contributed by atoms with Crippen molar-refractivity contribution in [2.75, 3.05) is 0 Å². The molecule has 27 heavy (non-hydrogen) atoms. The maximum Gasteiger partial charge on any atom is 0.134 e. The van der Waals surface area contributed by atoms with Crippen LogP contribution < -0.4 is 0 Å². The lowest BCUT2D eigenvalue weighted by atomic mass is 10.2. The van der Waals surface area contributed by atoms with E-state index in [0.29, 0.717) is 13.2 Å². The van der Waals surface area contributed by atoms with Gasteiger partial charge in [0.15, 0.2) is 0 Å². The predicted molar refractivity (Wildman–Crippen MR) is 102 cm³/mol. The van der Waals surface area contributed by atoms with Gasteiger partial charge in [0, 0.05) is 25.1 Å². The molecule has 136 valence electrons. The van der Waals surface area contributed by atoms with E-state index >= 15 is 0 Å². The highest BCUT2D eigenvalue weighted by molar-refractivity contribution is 5.87. The zero-order valence-electron chi connectivity index (χ0n) is 14.9. The molecule has 0 saturated carbocycles. The molecule has 2 aromatic carbocycles. The molecule has 0 saturated heterocycles. The highest BCUT2D eigenvalue weighted by Crippen LogP contribution is 2.20. The van der Waals surface area contributed by atoms with Crippen LogP contribution in [-0.2, 0) is 25.0 Å². The second-order valence-corrected chi connectivity index (χ2v) is 6.22. The van der Waals surface area contributed by atoms with E-state index in [2.05, 4.69) is 21.2 Å². The molecule has 0 atom stereocenters. The Bertz CT molecular complexity index is 1100. The third kappa shape index (κ3) is 3.58. The minimum Gasteiger partial charge on any atom is -0.411 e. The van der Waals surface area contributed by atoms with Crippen molar-refractivity contribution in [1.82, 2.24) is 19.1 Å². The topological polar surface area (TPSA) is 77.5 Å². The van der Waals surface area contributed by atoms with Gasteiger partial charge < -0.3 is 14.5 Å². The standard InChI is InChI=1S/C20H19N5O2/c1-24-8-7-21-20(24)13-27-12-16-3-2-4-17(9-16)25-14-22-18-10-15(11-23-26)5-6-19(18)25/h2-11,14,26H,12-13H2,1H3. The van der Waals surface area contributed by atoms with Gasteiger partial charge in [-0.25, -0.2) is 9.97 Å². The molecule has 2 aromatic heterocycles. The summed E-state index contributed by atoms with van der Waals surface area (Å²) in [6.45, 7) is 0.974. The number of imidazole rings is 2. The van der Waals surface area contributed by atoms with Crippen LogP contribution >= 0.6 is 0 Å². The number of benzene rings is 2. The van der Waals surface area contributed by atoms with E-state index in [1.807, 2.05) is 58.8 Å². The predicted octanol–water partition coefficient (Wildman–Crippen LogP) is 3.28. The monoisotopic (exact) mass is 361 g/mol. The Morgan fingerprint density at radius 3 is 2.89 bits per heavy atom. The first-order valence-corrected chi connectivity index (χ1v) is 8.52. The molecule has 0 aliphatic carbocycles. The third-order valence-corrected chi connectivity index (χ3v) is 4.39. The second kappa shape index (κ2) is 7.43. The summed E-state index contributed by atoms with van der Waals surface area (Å²) >= 11 is 0. The smallest absolute Gasteiger partial charge is 0.134 e. The summed E-state index contributed by atoms with van der Waals surface area (Å²) in [5.74, 6) is 0.897. The second-order valence-electron chi connectivity index (χ2n) is 6.22. The van der Waals surface area contributed by atoms with Crippen LogP contribution in [0.25, 0.3) is 16.7 Å². The molecule has 0 fully saturated rings. The molecule has 0 aliphatic heterocycles. The molecule has 0 radical (unpaired) electrons. The lowest BCUT2D eigenvalue weighted by molar-refractivity contribution is 0.1000. The van der Waals surface area contributed by atoms with E-state index in [4.69, 9.17) is 9.94 Å². The Kier molecular flexibility index (Phi) is 4.67. The fraction of sp³-hybridized carbons (Fsp3) is 0.150. The van der Waals surface area contributed by atoms with Gasteiger partial charge in [-0.3, -0.25) is 4.57 Å². The van der Waals surface area contributed by atoms with E-state index in [1.165, 1.54) is 6.21 Å².